The monoisotopic (exact) mass is 255 g/mol. The molecule has 4 nitrogen and oxygen atoms in total. The van der Waals surface area contributed by atoms with Gasteiger partial charge in [0.25, 0.3) is 0 Å². The molecule has 15 heavy (non-hydrogen) atoms. The van der Waals surface area contributed by atoms with Gasteiger partial charge in [0.15, 0.2) is 0 Å². The molecule has 1 fully saturated rings. The number of sulfonamides is 1. The largest absolute Gasteiger partial charge is 0.384 e. The number of methoxy groups -OCH3 is 1. The van der Waals surface area contributed by atoms with E-state index in [9.17, 15) is 8.42 Å². The Bertz CT molecular complexity index is 288. The molecule has 0 aromatic heterocycles. The van der Waals surface area contributed by atoms with Crippen molar-refractivity contribution in [2.24, 2.45) is 5.41 Å². The summed E-state index contributed by atoms with van der Waals surface area (Å²) in [5, 5.41) is 0. The molecule has 0 aliphatic heterocycles. The Kier molecular flexibility index (Phi) is 4.83. The van der Waals surface area contributed by atoms with Crippen LogP contribution in [-0.4, -0.2) is 40.3 Å². The van der Waals surface area contributed by atoms with Crippen LogP contribution >= 0.6 is 11.6 Å². The van der Waals surface area contributed by atoms with E-state index in [1.165, 1.54) is 7.11 Å². The minimum Gasteiger partial charge on any atom is -0.384 e. The summed E-state index contributed by atoms with van der Waals surface area (Å²) in [6, 6.07) is 0. The molecule has 1 aliphatic carbocycles. The van der Waals surface area contributed by atoms with E-state index in [2.05, 4.69) is 4.72 Å². The number of halogens is 1. The van der Waals surface area contributed by atoms with Crippen LogP contribution in [0.15, 0.2) is 0 Å². The summed E-state index contributed by atoms with van der Waals surface area (Å²) in [5.74, 6) is 0.625. The third-order valence-corrected chi connectivity index (χ3v) is 4.28. The number of alkyl halides is 1. The van der Waals surface area contributed by atoms with E-state index in [-0.39, 0.29) is 17.8 Å². The van der Waals surface area contributed by atoms with Gasteiger partial charge in [-0.15, -0.1) is 11.6 Å². The van der Waals surface area contributed by atoms with Gasteiger partial charge >= 0.3 is 0 Å². The minimum absolute atomic E-state index is 0.0282. The van der Waals surface area contributed by atoms with Crippen LogP contribution in [0.5, 0.6) is 0 Å². The van der Waals surface area contributed by atoms with Crippen molar-refractivity contribution in [3.63, 3.8) is 0 Å². The zero-order chi connectivity index (χ0) is 11.4. The molecule has 0 aromatic carbocycles. The lowest BCUT2D eigenvalue weighted by Crippen LogP contribution is -2.33. The van der Waals surface area contributed by atoms with Crippen LogP contribution in [0.25, 0.3) is 0 Å². The SMILES string of the molecule is COCCS(=O)(=O)NCC1(CCCl)CC1. The van der Waals surface area contributed by atoms with Crippen LogP contribution in [0.2, 0.25) is 0 Å². The smallest absolute Gasteiger partial charge is 0.213 e. The third kappa shape index (κ3) is 4.68. The van der Waals surface area contributed by atoms with E-state index >= 15 is 0 Å². The Morgan fingerprint density at radius 1 is 1.47 bits per heavy atom. The average molecular weight is 256 g/mol. The molecule has 1 saturated carbocycles. The predicted molar refractivity (Wildman–Crippen MR) is 60.7 cm³/mol. The van der Waals surface area contributed by atoms with Gasteiger partial charge in [-0.2, -0.15) is 0 Å². The Morgan fingerprint density at radius 3 is 2.60 bits per heavy atom. The Morgan fingerprint density at radius 2 is 2.13 bits per heavy atom. The minimum atomic E-state index is -3.17. The molecule has 0 saturated heterocycles. The molecule has 0 spiro atoms. The summed E-state index contributed by atoms with van der Waals surface area (Å²) in [4.78, 5) is 0. The molecule has 6 heteroatoms. The van der Waals surface area contributed by atoms with E-state index in [1.807, 2.05) is 0 Å². The van der Waals surface area contributed by atoms with E-state index < -0.39 is 10.0 Å². The van der Waals surface area contributed by atoms with E-state index in [4.69, 9.17) is 16.3 Å². The van der Waals surface area contributed by atoms with Gasteiger partial charge in [-0.1, -0.05) is 0 Å². The highest BCUT2D eigenvalue weighted by atomic mass is 35.5. The fourth-order valence-corrected chi connectivity index (χ4v) is 2.88. The molecular formula is C9H18ClNO3S. The second-order valence-electron chi connectivity index (χ2n) is 4.07. The highest BCUT2D eigenvalue weighted by Gasteiger charge is 2.42. The molecule has 0 unspecified atom stereocenters. The average Bonchev–Trinajstić information content (AvgIpc) is 2.94. The van der Waals surface area contributed by atoms with Crippen LogP contribution in [-0.2, 0) is 14.8 Å². The molecule has 0 radical (unpaired) electrons. The molecule has 0 heterocycles. The van der Waals surface area contributed by atoms with Gasteiger partial charge in [0.2, 0.25) is 10.0 Å². The molecule has 0 amide bonds. The normalized spacial score (nSPS) is 19.1. The fraction of sp³-hybridized carbons (Fsp3) is 1.00. The highest BCUT2D eigenvalue weighted by Crippen LogP contribution is 2.48. The number of rotatable bonds is 8. The summed E-state index contributed by atoms with van der Waals surface area (Å²) >= 11 is 5.66. The van der Waals surface area contributed by atoms with Gasteiger partial charge in [0.1, 0.15) is 0 Å². The summed E-state index contributed by atoms with van der Waals surface area (Å²) in [6.45, 7) is 0.754. The fourth-order valence-electron chi connectivity index (χ4n) is 1.42. The van der Waals surface area contributed by atoms with Gasteiger partial charge in [0.05, 0.1) is 12.4 Å². The van der Waals surface area contributed by atoms with Crippen molar-refractivity contribution < 1.29 is 13.2 Å². The zero-order valence-electron chi connectivity index (χ0n) is 8.96. The van der Waals surface area contributed by atoms with Crippen molar-refractivity contribution in [1.29, 1.82) is 0 Å². The van der Waals surface area contributed by atoms with Crippen molar-refractivity contribution in [2.75, 3.05) is 31.9 Å². The second-order valence-corrected chi connectivity index (χ2v) is 6.38. The molecule has 0 aromatic rings. The number of nitrogens with one attached hydrogen (secondary N) is 1. The van der Waals surface area contributed by atoms with Crippen molar-refractivity contribution in [3.05, 3.63) is 0 Å². The molecule has 0 atom stereocenters. The Labute approximate surface area is 96.4 Å². The first-order valence-electron chi connectivity index (χ1n) is 5.06. The molecule has 1 N–H and O–H groups in total. The topological polar surface area (TPSA) is 55.4 Å². The molecule has 90 valence electrons. The second kappa shape index (κ2) is 5.48. The lowest BCUT2D eigenvalue weighted by molar-refractivity contribution is 0.216. The lowest BCUT2D eigenvalue weighted by atomic mass is 10.1. The molecule has 1 rings (SSSR count). The Hall–Kier alpha value is 0.160. The quantitative estimate of drug-likeness (QED) is 0.658. The zero-order valence-corrected chi connectivity index (χ0v) is 10.5. The summed E-state index contributed by atoms with van der Waals surface area (Å²) in [6.07, 6.45) is 3.04. The van der Waals surface area contributed by atoms with Gasteiger partial charge < -0.3 is 4.74 Å². The van der Waals surface area contributed by atoms with Crippen LogP contribution in [0.1, 0.15) is 19.3 Å². The molecular weight excluding hydrogens is 238 g/mol. The number of hydrogen-bond acceptors (Lipinski definition) is 3. The van der Waals surface area contributed by atoms with Crippen molar-refractivity contribution >= 4 is 21.6 Å². The summed E-state index contributed by atoms with van der Waals surface area (Å²) in [5.41, 5.74) is 0.141. The van der Waals surface area contributed by atoms with E-state index in [0.717, 1.165) is 19.3 Å². The van der Waals surface area contributed by atoms with Crippen LogP contribution < -0.4 is 4.72 Å². The maximum atomic E-state index is 11.4. The third-order valence-electron chi connectivity index (χ3n) is 2.81. The van der Waals surface area contributed by atoms with Gasteiger partial charge in [-0.05, 0) is 24.7 Å². The first-order valence-corrected chi connectivity index (χ1v) is 7.24. The van der Waals surface area contributed by atoms with Gasteiger partial charge in [-0.3, -0.25) is 0 Å². The summed E-state index contributed by atoms with van der Waals surface area (Å²) < 4.78 is 30.2. The molecule has 1 aliphatic rings. The predicted octanol–water partition coefficient (Wildman–Crippen LogP) is 0.961. The Balaban J connectivity index is 2.30. The molecule has 0 bridgehead atoms. The number of hydrogen-bond donors (Lipinski definition) is 1. The number of ether oxygens (including phenoxy) is 1. The van der Waals surface area contributed by atoms with Crippen molar-refractivity contribution in [2.45, 2.75) is 19.3 Å². The van der Waals surface area contributed by atoms with E-state index in [0.29, 0.717) is 12.4 Å². The van der Waals surface area contributed by atoms with Crippen LogP contribution in [0.4, 0.5) is 0 Å². The maximum absolute atomic E-state index is 11.4. The highest BCUT2D eigenvalue weighted by molar-refractivity contribution is 7.89. The van der Waals surface area contributed by atoms with Gasteiger partial charge in [-0.25, -0.2) is 13.1 Å². The summed E-state index contributed by atoms with van der Waals surface area (Å²) in [7, 11) is -1.68. The lowest BCUT2D eigenvalue weighted by Gasteiger charge is -2.14. The van der Waals surface area contributed by atoms with Crippen LogP contribution in [0, 0.1) is 5.41 Å². The first-order chi connectivity index (χ1) is 7.04. The van der Waals surface area contributed by atoms with Crippen LogP contribution in [0.3, 0.4) is 0 Å². The van der Waals surface area contributed by atoms with E-state index in [1.54, 1.807) is 0 Å². The van der Waals surface area contributed by atoms with Crippen molar-refractivity contribution in [3.8, 4) is 0 Å². The maximum Gasteiger partial charge on any atom is 0.213 e. The first kappa shape index (κ1) is 13.2. The van der Waals surface area contributed by atoms with Crippen molar-refractivity contribution in [1.82, 2.24) is 4.72 Å². The van der Waals surface area contributed by atoms with Gasteiger partial charge in [0, 0.05) is 19.5 Å². The standard InChI is InChI=1S/C9H18ClNO3S/c1-14-6-7-15(12,13)11-8-9(2-3-9)4-5-10/h11H,2-8H2,1H3.